The third-order valence-corrected chi connectivity index (χ3v) is 10.3. The van der Waals surface area contributed by atoms with Crippen molar-refractivity contribution in [3.05, 3.63) is 0 Å². The quantitative estimate of drug-likeness (QED) is 0.524. The van der Waals surface area contributed by atoms with Gasteiger partial charge in [-0.3, -0.25) is 19.3 Å². The summed E-state index contributed by atoms with van der Waals surface area (Å²) in [6.45, 7) is 4.62. The van der Waals surface area contributed by atoms with E-state index in [2.05, 4.69) is 15.5 Å². The van der Waals surface area contributed by atoms with Crippen LogP contribution in [0.5, 0.6) is 0 Å². The van der Waals surface area contributed by atoms with Gasteiger partial charge in [0.1, 0.15) is 0 Å². The summed E-state index contributed by atoms with van der Waals surface area (Å²) in [5.41, 5.74) is 0. The lowest BCUT2D eigenvalue weighted by molar-refractivity contribution is -0.150. The van der Waals surface area contributed by atoms with Crippen LogP contribution in [0.3, 0.4) is 0 Å². The lowest BCUT2D eigenvalue weighted by atomic mass is 9.79. The number of carbonyl (C=O) groups excluding carboxylic acids is 3. The van der Waals surface area contributed by atoms with Crippen LogP contribution in [0.25, 0.3) is 0 Å². The van der Waals surface area contributed by atoms with Crippen LogP contribution in [0.1, 0.15) is 97.3 Å². The van der Waals surface area contributed by atoms with Crippen molar-refractivity contribution in [1.29, 1.82) is 0 Å². The summed E-state index contributed by atoms with van der Waals surface area (Å²) in [6, 6.07) is 0.484. The van der Waals surface area contributed by atoms with Crippen molar-refractivity contribution in [2.24, 2.45) is 17.8 Å². The highest BCUT2D eigenvalue weighted by molar-refractivity contribution is 8.00. The number of hydrogen-bond donors (Lipinski definition) is 2. The Hall–Kier alpha value is -1.28. The zero-order valence-electron chi connectivity index (χ0n) is 21.6. The van der Waals surface area contributed by atoms with E-state index in [1.165, 1.54) is 51.4 Å². The molecule has 4 rings (SSSR count). The Labute approximate surface area is 215 Å². The molecule has 35 heavy (non-hydrogen) atoms. The molecule has 2 aliphatic carbocycles. The fourth-order valence-electron chi connectivity index (χ4n) is 6.92. The van der Waals surface area contributed by atoms with Crippen LogP contribution in [0.15, 0.2) is 0 Å². The molecular formula is C27H45N3O4S. The second-order valence-electron chi connectivity index (χ2n) is 11.0. The number of likely N-dealkylation sites (tertiary alicyclic amines) is 1. The largest absolute Gasteiger partial charge is 0.466 e. The highest BCUT2D eigenvalue weighted by Gasteiger charge is 2.50. The van der Waals surface area contributed by atoms with Crippen molar-refractivity contribution in [2.75, 3.05) is 13.2 Å². The number of ether oxygens (including phenoxy) is 1. The van der Waals surface area contributed by atoms with Gasteiger partial charge in [-0.1, -0.05) is 44.9 Å². The van der Waals surface area contributed by atoms with Gasteiger partial charge < -0.3 is 15.4 Å². The van der Waals surface area contributed by atoms with Crippen LogP contribution in [0.4, 0.5) is 0 Å². The smallest absolute Gasteiger partial charge is 0.312 e. The maximum Gasteiger partial charge on any atom is 0.312 e. The zero-order chi connectivity index (χ0) is 24.8. The van der Waals surface area contributed by atoms with Gasteiger partial charge in [0.25, 0.3) is 0 Å². The van der Waals surface area contributed by atoms with Crippen LogP contribution in [-0.4, -0.2) is 58.7 Å². The highest BCUT2D eigenvalue weighted by Crippen LogP contribution is 2.49. The monoisotopic (exact) mass is 507 g/mol. The SMILES string of the molecule is CCOC(=O)C1C(NC(=O)C2CCN(C3CCCCCCC3)C(NC(C)=O)C2)SC2CCCCC21. The fraction of sp³-hybridized carbons (Fsp3) is 0.889. The number of carbonyl (C=O) groups is 3. The molecule has 2 amide bonds. The van der Waals surface area contributed by atoms with E-state index in [1.54, 1.807) is 18.7 Å². The van der Waals surface area contributed by atoms with Crippen LogP contribution >= 0.6 is 11.8 Å². The van der Waals surface area contributed by atoms with Gasteiger partial charge in [0.15, 0.2) is 0 Å². The number of rotatable bonds is 6. The van der Waals surface area contributed by atoms with Crippen LogP contribution in [-0.2, 0) is 19.1 Å². The Morgan fingerprint density at radius 3 is 2.31 bits per heavy atom. The molecule has 8 heteroatoms. The molecule has 2 N–H and O–H groups in total. The molecule has 0 aromatic heterocycles. The molecular weight excluding hydrogens is 462 g/mol. The summed E-state index contributed by atoms with van der Waals surface area (Å²) in [6.07, 6.45) is 14.6. The molecule has 0 aromatic carbocycles. The Balaban J connectivity index is 1.41. The van der Waals surface area contributed by atoms with Gasteiger partial charge >= 0.3 is 5.97 Å². The van der Waals surface area contributed by atoms with E-state index >= 15 is 0 Å². The first-order valence-corrected chi connectivity index (χ1v) is 15.1. The summed E-state index contributed by atoms with van der Waals surface area (Å²) in [5.74, 6) is -0.271. The van der Waals surface area contributed by atoms with E-state index in [0.29, 0.717) is 30.2 Å². The predicted octanol–water partition coefficient (Wildman–Crippen LogP) is 4.20. The average molecular weight is 508 g/mol. The molecule has 0 bridgehead atoms. The maximum atomic E-state index is 13.5. The van der Waals surface area contributed by atoms with E-state index in [4.69, 9.17) is 4.74 Å². The molecule has 7 nitrogen and oxygen atoms in total. The number of amides is 2. The molecule has 2 aliphatic heterocycles. The number of nitrogens with zero attached hydrogens (tertiary/aromatic N) is 1. The van der Waals surface area contributed by atoms with Gasteiger partial charge in [0.05, 0.1) is 24.1 Å². The summed E-state index contributed by atoms with van der Waals surface area (Å²) >= 11 is 1.78. The van der Waals surface area contributed by atoms with Gasteiger partial charge in [-0.25, -0.2) is 0 Å². The molecule has 2 saturated heterocycles. The van der Waals surface area contributed by atoms with Crippen LogP contribution in [0.2, 0.25) is 0 Å². The summed E-state index contributed by atoms with van der Waals surface area (Å²) in [4.78, 5) is 40.9. The van der Waals surface area contributed by atoms with E-state index < -0.39 is 0 Å². The topological polar surface area (TPSA) is 87.7 Å². The standard InChI is InChI=1S/C27H45N3O4S/c1-3-34-27(33)24-21-13-9-10-14-22(21)35-26(24)29-25(32)19-15-16-30(23(17-19)28-18(2)31)20-11-7-5-4-6-8-12-20/h19-24,26H,3-17H2,1-2H3,(H,28,31)(H,29,32). The molecule has 4 aliphatic rings. The number of piperidine rings is 1. The third kappa shape index (κ3) is 6.73. The van der Waals surface area contributed by atoms with Crippen molar-refractivity contribution < 1.29 is 19.1 Å². The minimum absolute atomic E-state index is 0.0307. The first-order valence-electron chi connectivity index (χ1n) is 14.1. The second kappa shape index (κ2) is 12.8. The van der Waals surface area contributed by atoms with Crippen molar-refractivity contribution in [3.63, 3.8) is 0 Å². The Morgan fingerprint density at radius 2 is 1.60 bits per heavy atom. The van der Waals surface area contributed by atoms with E-state index in [9.17, 15) is 14.4 Å². The minimum atomic E-state index is -0.254. The number of hydrogen-bond acceptors (Lipinski definition) is 6. The van der Waals surface area contributed by atoms with E-state index in [0.717, 1.165) is 32.2 Å². The molecule has 0 radical (unpaired) electrons. The first-order chi connectivity index (χ1) is 17.0. The van der Waals surface area contributed by atoms with E-state index in [1.807, 2.05) is 6.92 Å². The van der Waals surface area contributed by atoms with Gasteiger partial charge in [-0.05, 0) is 51.4 Å². The van der Waals surface area contributed by atoms with Gasteiger partial charge in [-0.15, -0.1) is 11.8 Å². The third-order valence-electron chi connectivity index (χ3n) is 8.63. The van der Waals surface area contributed by atoms with Crippen molar-refractivity contribution in [1.82, 2.24) is 15.5 Å². The summed E-state index contributed by atoms with van der Waals surface area (Å²) in [5, 5.41) is 6.65. The Bertz CT molecular complexity index is 742. The molecule has 2 heterocycles. The number of fused-ring (bicyclic) bond motifs is 1. The molecule has 6 atom stereocenters. The second-order valence-corrected chi connectivity index (χ2v) is 12.4. The van der Waals surface area contributed by atoms with Crippen molar-refractivity contribution >= 4 is 29.5 Å². The predicted molar refractivity (Wildman–Crippen MR) is 139 cm³/mol. The highest BCUT2D eigenvalue weighted by atomic mass is 32.2. The fourth-order valence-corrected chi connectivity index (χ4v) is 8.78. The lowest BCUT2D eigenvalue weighted by Crippen LogP contribution is -2.58. The van der Waals surface area contributed by atoms with E-state index in [-0.39, 0.29) is 41.2 Å². The molecule has 4 fully saturated rings. The normalized spacial score (nSPS) is 34.8. The Morgan fingerprint density at radius 1 is 0.914 bits per heavy atom. The molecule has 6 unspecified atom stereocenters. The maximum absolute atomic E-state index is 13.5. The first kappa shape index (κ1) is 26.8. The summed E-state index contributed by atoms with van der Waals surface area (Å²) in [7, 11) is 0. The number of thioether (sulfide) groups is 1. The molecule has 0 spiro atoms. The number of esters is 1. The van der Waals surface area contributed by atoms with Gasteiger partial charge in [0, 0.05) is 30.7 Å². The summed E-state index contributed by atoms with van der Waals surface area (Å²) < 4.78 is 5.44. The average Bonchev–Trinajstić information content (AvgIpc) is 3.17. The van der Waals surface area contributed by atoms with Crippen molar-refractivity contribution in [2.45, 2.75) is 120 Å². The van der Waals surface area contributed by atoms with Crippen LogP contribution in [0, 0.1) is 17.8 Å². The van der Waals surface area contributed by atoms with Gasteiger partial charge in [-0.2, -0.15) is 0 Å². The van der Waals surface area contributed by atoms with Gasteiger partial charge in [0.2, 0.25) is 11.8 Å². The Kier molecular flexibility index (Phi) is 9.79. The van der Waals surface area contributed by atoms with Crippen LogP contribution < -0.4 is 10.6 Å². The molecule has 0 aromatic rings. The number of nitrogens with one attached hydrogen (secondary N) is 2. The molecule has 198 valence electrons. The minimum Gasteiger partial charge on any atom is -0.466 e. The lowest BCUT2D eigenvalue weighted by Gasteiger charge is -2.44. The zero-order valence-corrected chi connectivity index (χ0v) is 22.5. The molecule has 2 saturated carbocycles. The van der Waals surface area contributed by atoms with Crippen molar-refractivity contribution in [3.8, 4) is 0 Å².